The number of nitrogens with one attached hydrogen (secondary N) is 1. The number of hydrogen-bond acceptors (Lipinski definition) is 5. The fraction of sp³-hybridized carbons (Fsp3) is 0.667. The Balaban J connectivity index is 1.93. The summed E-state index contributed by atoms with van der Waals surface area (Å²) in [6.45, 7) is 4.91. The van der Waals surface area contributed by atoms with Gasteiger partial charge in [-0.25, -0.2) is 8.42 Å². The molecular formula is C15H24N4O3S. The fourth-order valence-corrected chi connectivity index (χ4v) is 3.74. The first kappa shape index (κ1) is 17.8. The molecular weight excluding hydrogens is 316 g/mol. The third kappa shape index (κ3) is 4.97. The molecule has 2 heterocycles. The predicted octanol–water partition coefficient (Wildman–Crippen LogP) is 0.441. The van der Waals surface area contributed by atoms with Crippen LogP contribution in [-0.2, 0) is 21.2 Å². The lowest BCUT2D eigenvalue weighted by Gasteiger charge is -2.22. The Labute approximate surface area is 137 Å². The van der Waals surface area contributed by atoms with E-state index in [0.717, 1.165) is 5.69 Å². The van der Waals surface area contributed by atoms with Gasteiger partial charge in [0.2, 0.25) is 15.9 Å². The van der Waals surface area contributed by atoms with Crippen LogP contribution >= 0.6 is 0 Å². The number of rotatable bonds is 6. The van der Waals surface area contributed by atoms with Crippen LogP contribution in [-0.4, -0.2) is 54.0 Å². The van der Waals surface area contributed by atoms with Crippen molar-refractivity contribution in [1.82, 2.24) is 19.6 Å². The van der Waals surface area contributed by atoms with E-state index in [9.17, 15) is 13.2 Å². The lowest BCUT2D eigenvalue weighted by Crippen LogP contribution is -2.42. The van der Waals surface area contributed by atoms with Gasteiger partial charge < -0.3 is 5.32 Å². The van der Waals surface area contributed by atoms with Crippen LogP contribution in [0.4, 0.5) is 0 Å². The second-order valence-corrected chi connectivity index (χ2v) is 8.34. The van der Waals surface area contributed by atoms with Crippen molar-refractivity contribution in [3.8, 4) is 0 Å². The van der Waals surface area contributed by atoms with Crippen molar-refractivity contribution in [1.29, 1.82) is 0 Å². The molecule has 1 amide bonds. The summed E-state index contributed by atoms with van der Waals surface area (Å²) in [5.41, 5.74) is 0.771. The van der Waals surface area contributed by atoms with E-state index in [2.05, 4.69) is 29.1 Å². The van der Waals surface area contributed by atoms with Gasteiger partial charge in [0.25, 0.3) is 0 Å². The monoisotopic (exact) mass is 340 g/mol. The first-order valence-corrected chi connectivity index (χ1v) is 9.61. The zero-order chi connectivity index (χ0) is 17.0. The van der Waals surface area contributed by atoms with Crippen LogP contribution in [0.2, 0.25) is 0 Å². The number of hydrogen-bond donors (Lipinski definition) is 1. The number of aromatic nitrogens is 2. The molecule has 0 aliphatic carbocycles. The molecule has 1 N–H and O–H groups in total. The van der Waals surface area contributed by atoms with Crippen LogP contribution in [0.3, 0.4) is 0 Å². The molecule has 1 aliphatic heterocycles. The molecule has 1 aromatic heterocycles. The molecule has 0 saturated carbocycles. The van der Waals surface area contributed by atoms with E-state index in [0.29, 0.717) is 31.8 Å². The number of carbonyl (C=O) groups is 1. The topological polar surface area (TPSA) is 92.3 Å². The molecule has 23 heavy (non-hydrogen) atoms. The summed E-state index contributed by atoms with van der Waals surface area (Å²) in [6.07, 6.45) is 6.89. The Hall–Kier alpha value is -1.54. The van der Waals surface area contributed by atoms with Gasteiger partial charge in [-0.2, -0.15) is 4.31 Å². The number of amides is 1. The van der Waals surface area contributed by atoms with Crippen LogP contribution in [0.25, 0.3) is 0 Å². The summed E-state index contributed by atoms with van der Waals surface area (Å²) in [6, 6.07) is -0.140. The molecule has 2 rings (SSSR count). The highest BCUT2D eigenvalue weighted by Crippen LogP contribution is 2.26. The summed E-state index contributed by atoms with van der Waals surface area (Å²) in [5, 5.41) is 2.99. The number of nitrogens with zero attached hydrogens (tertiary/aromatic N) is 3. The second kappa shape index (κ2) is 7.35. The van der Waals surface area contributed by atoms with E-state index in [1.807, 2.05) is 0 Å². The first-order chi connectivity index (χ1) is 10.8. The number of aryl methyl sites for hydroxylation is 1. The van der Waals surface area contributed by atoms with Crippen molar-refractivity contribution in [2.45, 2.75) is 32.7 Å². The molecule has 1 fully saturated rings. The van der Waals surface area contributed by atoms with Gasteiger partial charge in [-0.05, 0) is 18.3 Å². The van der Waals surface area contributed by atoms with Gasteiger partial charge in [-0.3, -0.25) is 14.8 Å². The summed E-state index contributed by atoms with van der Waals surface area (Å²) in [4.78, 5) is 20.3. The maximum Gasteiger partial charge on any atom is 0.220 e. The molecule has 0 bridgehead atoms. The van der Waals surface area contributed by atoms with E-state index in [-0.39, 0.29) is 17.9 Å². The minimum atomic E-state index is -3.23. The highest BCUT2D eigenvalue weighted by Gasteiger charge is 2.39. The highest BCUT2D eigenvalue weighted by molar-refractivity contribution is 7.88. The Morgan fingerprint density at radius 1 is 1.39 bits per heavy atom. The first-order valence-electron chi connectivity index (χ1n) is 7.76. The lowest BCUT2D eigenvalue weighted by atomic mass is 9.91. The minimum Gasteiger partial charge on any atom is -0.352 e. The Kier molecular flexibility index (Phi) is 5.69. The molecule has 2 atom stereocenters. The lowest BCUT2D eigenvalue weighted by molar-refractivity contribution is -0.122. The van der Waals surface area contributed by atoms with E-state index in [1.54, 1.807) is 18.6 Å². The molecule has 1 saturated heterocycles. The van der Waals surface area contributed by atoms with Crippen molar-refractivity contribution >= 4 is 15.9 Å². The van der Waals surface area contributed by atoms with Crippen molar-refractivity contribution in [2.24, 2.45) is 11.8 Å². The van der Waals surface area contributed by atoms with Crippen molar-refractivity contribution in [3.05, 3.63) is 24.3 Å². The molecule has 128 valence electrons. The standard InChI is InChI=1S/C15H24N4O3S/c1-11(2)13-9-19(23(3,21)22)10-14(13)18-15(20)5-4-12-8-16-6-7-17-12/h6-8,11,13-14H,4-5,9-10H2,1-3H3,(H,18,20)/t13-,14+/m1/s1. The van der Waals surface area contributed by atoms with Crippen LogP contribution in [0.1, 0.15) is 26.0 Å². The van der Waals surface area contributed by atoms with Crippen molar-refractivity contribution < 1.29 is 13.2 Å². The molecule has 1 aliphatic rings. The average molecular weight is 340 g/mol. The van der Waals surface area contributed by atoms with E-state index in [1.165, 1.54) is 10.6 Å². The zero-order valence-electron chi connectivity index (χ0n) is 13.8. The molecule has 7 nitrogen and oxygen atoms in total. The van der Waals surface area contributed by atoms with Gasteiger partial charge in [0, 0.05) is 44.1 Å². The maximum atomic E-state index is 12.2. The Morgan fingerprint density at radius 3 is 2.70 bits per heavy atom. The third-order valence-corrected chi connectivity index (χ3v) is 5.46. The third-order valence-electron chi connectivity index (χ3n) is 4.23. The summed E-state index contributed by atoms with van der Waals surface area (Å²) in [5.74, 6) is 0.346. The summed E-state index contributed by atoms with van der Waals surface area (Å²) in [7, 11) is -3.23. The molecule has 0 radical (unpaired) electrons. The van der Waals surface area contributed by atoms with Crippen molar-refractivity contribution in [2.75, 3.05) is 19.3 Å². The average Bonchev–Trinajstić information content (AvgIpc) is 2.90. The van der Waals surface area contributed by atoms with Gasteiger partial charge >= 0.3 is 0 Å². The van der Waals surface area contributed by atoms with E-state index in [4.69, 9.17) is 0 Å². The summed E-state index contributed by atoms with van der Waals surface area (Å²) >= 11 is 0. The Morgan fingerprint density at radius 2 is 2.13 bits per heavy atom. The fourth-order valence-electron chi connectivity index (χ4n) is 2.87. The van der Waals surface area contributed by atoms with Gasteiger partial charge in [0.05, 0.1) is 11.9 Å². The number of carbonyl (C=O) groups excluding carboxylic acids is 1. The van der Waals surface area contributed by atoms with Crippen LogP contribution in [0.5, 0.6) is 0 Å². The molecule has 0 spiro atoms. The predicted molar refractivity (Wildman–Crippen MR) is 87.0 cm³/mol. The molecule has 0 aromatic carbocycles. The van der Waals surface area contributed by atoms with Crippen LogP contribution in [0.15, 0.2) is 18.6 Å². The van der Waals surface area contributed by atoms with Crippen molar-refractivity contribution in [3.63, 3.8) is 0 Å². The highest BCUT2D eigenvalue weighted by atomic mass is 32.2. The molecule has 1 aromatic rings. The smallest absolute Gasteiger partial charge is 0.220 e. The molecule has 0 unspecified atom stereocenters. The SMILES string of the molecule is CC(C)[C@H]1CN(S(C)(=O)=O)C[C@@H]1NC(=O)CCc1cnccn1. The molecule has 8 heteroatoms. The maximum absolute atomic E-state index is 12.2. The minimum absolute atomic E-state index is 0.0818. The number of sulfonamides is 1. The van der Waals surface area contributed by atoms with Crippen LogP contribution in [0, 0.1) is 11.8 Å². The van der Waals surface area contributed by atoms with E-state index < -0.39 is 10.0 Å². The van der Waals surface area contributed by atoms with Crippen LogP contribution < -0.4 is 5.32 Å². The largest absolute Gasteiger partial charge is 0.352 e. The van der Waals surface area contributed by atoms with Gasteiger partial charge in [-0.15, -0.1) is 0 Å². The summed E-state index contributed by atoms with van der Waals surface area (Å²) < 4.78 is 24.9. The normalized spacial score (nSPS) is 22.4. The van der Waals surface area contributed by atoms with Gasteiger partial charge in [0.15, 0.2) is 0 Å². The van der Waals surface area contributed by atoms with E-state index >= 15 is 0 Å². The van der Waals surface area contributed by atoms with Gasteiger partial charge in [-0.1, -0.05) is 13.8 Å². The Bertz CT molecular complexity index is 633. The zero-order valence-corrected chi connectivity index (χ0v) is 14.6. The quantitative estimate of drug-likeness (QED) is 0.811. The van der Waals surface area contributed by atoms with Gasteiger partial charge in [0.1, 0.15) is 0 Å². The second-order valence-electron chi connectivity index (χ2n) is 6.36.